The predicted octanol–water partition coefficient (Wildman–Crippen LogP) is 4.80. The van der Waals surface area contributed by atoms with Crippen LogP contribution in [0, 0.1) is 12.7 Å². The summed E-state index contributed by atoms with van der Waals surface area (Å²) >= 11 is 8.97. The van der Waals surface area contributed by atoms with Gasteiger partial charge in [0, 0.05) is 12.6 Å². The monoisotopic (exact) mass is 343 g/mol. The minimum absolute atomic E-state index is 0.0499. The Bertz CT molecular complexity index is 619. The molecule has 5 heteroatoms. The number of hydrogen-bond acceptors (Lipinski definition) is 2. The van der Waals surface area contributed by atoms with Crippen molar-refractivity contribution in [3.8, 4) is 11.5 Å². The lowest BCUT2D eigenvalue weighted by atomic mass is 10.1. The Kier molecular flexibility index (Phi) is 4.45. The molecule has 0 radical (unpaired) electrons. The zero-order chi connectivity index (χ0) is 14.0. The molecule has 2 aromatic rings. The summed E-state index contributed by atoms with van der Waals surface area (Å²) in [6.45, 7) is 2.43. The highest BCUT2D eigenvalue weighted by molar-refractivity contribution is 9.10. The van der Waals surface area contributed by atoms with Gasteiger partial charge in [-0.15, -0.1) is 0 Å². The summed E-state index contributed by atoms with van der Waals surface area (Å²) in [5.41, 5.74) is 7.68. The lowest BCUT2D eigenvalue weighted by Crippen LogP contribution is -1.99. The molecule has 2 aromatic carbocycles. The first-order chi connectivity index (χ1) is 9.01. The second-order valence-electron chi connectivity index (χ2n) is 4.09. The molecule has 0 aliphatic rings. The number of benzene rings is 2. The molecule has 0 aliphatic heterocycles. The maximum atomic E-state index is 13.4. The Morgan fingerprint density at radius 3 is 2.68 bits per heavy atom. The van der Waals surface area contributed by atoms with Gasteiger partial charge in [-0.05, 0) is 52.2 Å². The van der Waals surface area contributed by atoms with Gasteiger partial charge in [-0.25, -0.2) is 4.39 Å². The van der Waals surface area contributed by atoms with Gasteiger partial charge in [-0.1, -0.05) is 17.7 Å². The summed E-state index contributed by atoms with van der Waals surface area (Å²) in [5, 5.41) is 0.0499. The topological polar surface area (TPSA) is 35.2 Å². The van der Waals surface area contributed by atoms with Gasteiger partial charge in [0.05, 0.1) is 9.50 Å². The summed E-state index contributed by atoms with van der Waals surface area (Å²) in [5.74, 6) is 0.481. The van der Waals surface area contributed by atoms with Crippen LogP contribution in [0.25, 0.3) is 0 Å². The van der Waals surface area contributed by atoms with E-state index in [2.05, 4.69) is 15.9 Å². The lowest BCUT2D eigenvalue weighted by Gasteiger charge is -2.11. The molecule has 0 aliphatic carbocycles. The molecule has 0 saturated carbocycles. The van der Waals surface area contributed by atoms with Crippen LogP contribution in [0.15, 0.2) is 34.8 Å². The average Bonchev–Trinajstić information content (AvgIpc) is 2.36. The van der Waals surface area contributed by atoms with Crippen LogP contribution in [-0.2, 0) is 6.54 Å². The zero-order valence-electron chi connectivity index (χ0n) is 10.2. The molecule has 19 heavy (non-hydrogen) atoms. The minimum Gasteiger partial charge on any atom is -0.456 e. The maximum absolute atomic E-state index is 13.4. The number of aryl methyl sites for hydroxylation is 1. The highest BCUT2D eigenvalue weighted by Crippen LogP contribution is 2.34. The predicted molar refractivity (Wildman–Crippen MR) is 78.3 cm³/mol. The van der Waals surface area contributed by atoms with E-state index in [-0.39, 0.29) is 5.02 Å². The van der Waals surface area contributed by atoms with Crippen molar-refractivity contribution in [1.29, 1.82) is 0 Å². The smallest absolute Gasteiger partial charge is 0.145 e. The van der Waals surface area contributed by atoms with Crippen molar-refractivity contribution in [3.63, 3.8) is 0 Å². The SMILES string of the molecule is Cc1cc(Oc2cc(F)c(Cl)cc2Br)ccc1CN. The quantitative estimate of drug-likeness (QED) is 0.812. The normalized spacial score (nSPS) is 10.6. The fraction of sp³-hybridized carbons (Fsp3) is 0.143. The summed E-state index contributed by atoms with van der Waals surface area (Å²) in [7, 11) is 0. The van der Waals surface area contributed by atoms with Crippen LogP contribution in [0.4, 0.5) is 4.39 Å². The second-order valence-corrected chi connectivity index (χ2v) is 5.35. The molecule has 0 spiro atoms. The summed E-state index contributed by atoms with van der Waals surface area (Å²) in [6.07, 6.45) is 0. The van der Waals surface area contributed by atoms with E-state index in [1.54, 1.807) is 6.07 Å². The molecule has 0 atom stereocenters. The van der Waals surface area contributed by atoms with Crippen LogP contribution in [-0.4, -0.2) is 0 Å². The van der Waals surface area contributed by atoms with E-state index >= 15 is 0 Å². The fourth-order valence-electron chi connectivity index (χ4n) is 1.67. The number of hydrogen-bond donors (Lipinski definition) is 1. The van der Waals surface area contributed by atoms with Gasteiger partial charge >= 0.3 is 0 Å². The van der Waals surface area contributed by atoms with E-state index in [0.29, 0.717) is 22.5 Å². The van der Waals surface area contributed by atoms with Crippen LogP contribution in [0.5, 0.6) is 11.5 Å². The molecule has 0 saturated heterocycles. The number of nitrogens with two attached hydrogens (primary N) is 1. The number of rotatable bonds is 3. The molecule has 2 rings (SSSR count). The minimum atomic E-state index is -0.518. The first-order valence-corrected chi connectivity index (χ1v) is 6.80. The highest BCUT2D eigenvalue weighted by Gasteiger charge is 2.09. The fourth-order valence-corrected chi connectivity index (χ4v) is 2.39. The molecule has 0 aromatic heterocycles. The average molecular weight is 345 g/mol. The van der Waals surface area contributed by atoms with Crippen molar-refractivity contribution in [2.75, 3.05) is 0 Å². The third-order valence-corrected chi connectivity index (χ3v) is 3.65. The van der Waals surface area contributed by atoms with E-state index in [1.807, 2.05) is 19.1 Å². The van der Waals surface area contributed by atoms with Gasteiger partial charge in [-0.2, -0.15) is 0 Å². The molecule has 2 N–H and O–H groups in total. The van der Waals surface area contributed by atoms with Gasteiger partial charge in [0.15, 0.2) is 0 Å². The molecule has 0 unspecified atom stereocenters. The van der Waals surface area contributed by atoms with Crippen LogP contribution in [0.2, 0.25) is 5.02 Å². The first kappa shape index (κ1) is 14.3. The Balaban J connectivity index is 2.31. The van der Waals surface area contributed by atoms with Gasteiger partial charge in [0.1, 0.15) is 17.3 Å². The van der Waals surface area contributed by atoms with Crippen molar-refractivity contribution in [2.45, 2.75) is 13.5 Å². The highest BCUT2D eigenvalue weighted by atomic mass is 79.9. The van der Waals surface area contributed by atoms with E-state index in [9.17, 15) is 4.39 Å². The Morgan fingerprint density at radius 1 is 1.32 bits per heavy atom. The van der Waals surface area contributed by atoms with E-state index < -0.39 is 5.82 Å². The molecule has 0 bridgehead atoms. The third-order valence-electron chi connectivity index (χ3n) is 2.74. The second kappa shape index (κ2) is 5.90. The number of halogens is 3. The van der Waals surface area contributed by atoms with Crippen LogP contribution >= 0.6 is 27.5 Å². The summed E-state index contributed by atoms with van der Waals surface area (Å²) in [4.78, 5) is 0. The van der Waals surface area contributed by atoms with E-state index in [0.717, 1.165) is 11.1 Å². The first-order valence-electron chi connectivity index (χ1n) is 5.63. The third kappa shape index (κ3) is 3.26. The van der Waals surface area contributed by atoms with Gasteiger partial charge < -0.3 is 10.5 Å². The van der Waals surface area contributed by atoms with Gasteiger partial charge in [-0.3, -0.25) is 0 Å². The van der Waals surface area contributed by atoms with Gasteiger partial charge in [0.2, 0.25) is 0 Å². The van der Waals surface area contributed by atoms with Crippen molar-refractivity contribution in [1.82, 2.24) is 0 Å². The Morgan fingerprint density at radius 2 is 2.05 bits per heavy atom. The molecular weight excluding hydrogens is 333 g/mol. The van der Waals surface area contributed by atoms with Crippen molar-refractivity contribution in [3.05, 3.63) is 56.8 Å². The molecule has 0 fully saturated rings. The van der Waals surface area contributed by atoms with Crippen LogP contribution in [0.3, 0.4) is 0 Å². The van der Waals surface area contributed by atoms with E-state index in [1.165, 1.54) is 12.1 Å². The molecular formula is C14H12BrClFNO. The van der Waals surface area contributed by atoms with Crippen LogP contribution < -0.4 is 10.5 Å². The Hall–Kier alpha value is -1.10. The summed E-state index contributed by atoms with van der Waals surface area (Å²) in [6, 6.07) is 8.27. The Labute approximate surface area is 124 Å². The zero-order valence-corrected chi connectivity index (χ0v) is 12.6. The molecule has 0 amide bonds. The van der Waals surface area contributed by atoms with Crippen molar-refractivity contribution >= 4 is 27.5 Å². The lowest BCUT2D eigenvalue weighted by molar-refractivity contribution is 0.473. The standard InChI is InChI=1S/C14H12BrClFNO/c1-8-4-10(3-2-9(8)7-18)19-14-6-13(17)12(16)5-11(14)15/h2-6H,7,18H2,1H3. The number of ether oxygens (including phenoxy) is 1. The molecule has 0 heterocycles. The molecule has 100 valence electrons. The largest absolute Gasteiger partial charge is 0.456 e. The van der Waals surface area contributed by atoms with Crippen LogP contribution in [0.1, 0.15) is 11.1 Å². The maximum Gasteiger partial charge on any atom is 0.145 e. The van der Waals surface area contributed by atoms with Crippen molar-refractivity contribution in [2.24, 2.45) is 5.73 Å². The van der Waals surface area contributed by atoms with E-state index in [4.69, 9.17) is 22.1 Å². The molecule has 2 nitrogen and oxygen atoms in total. The van der Waals surface area contributed by atoms with Gasteiger partial charge in [0.25, 0.3) is 0 Å². The summed E-state index contributed by atoms with van der Waals surface area (Å²) < 4.78 is 19.6. The van der Waals surface area contributed by atoms with Crippen molar-refractivity contribution < 1.29 is 9.13 Å².